The minimum Gasteiger partial charge on any atom is -0.366 e. The summed E-state index contributed by atoms with van der Waals surface area (Å²) >= 11 is 0. The Morgan fingerprint density at radius 3 is 2.48 bits per heavy atom. The zero-order valence-corrected chi connectivity index (χ0v) is 13.1. The third-order valence-corrected chi connectivity index (χ3v) is 4.83. The summed E-state index contributed by atoms with van der Waals surface area (Å²) in [5, 5.41) is 3.37. The van der Waals surface area contributed by atoms with Crippen molar-refractivity contribution in [2.24, 2.45) is 0 Å². The molecule has 23 heavy (non-hydrogen) atoms. The molecular formula is C18H21FN4. The van der Waals surface area contributed by atoms with Crippen LogP contribution in [0, 0.1) is 5.82 Å². The number of rotatable bonds is 3. The van der Waals surface area contributed by atoms with Crippen LogP contribution in [0.4, 0.5) is 10.1 Å². The summed E-state index contributed by atoms with van der Waals surface area (Å²) in [5.41, 5.74) is 2.95. The van der Waals surface area contributed by atoms with Crippen LogP contribution in [0.25, 0.3) is 11.3 Å². The summed E-state index contributed by atoms with van der Waals surface area (Å²) in [6.07, 6.45) is 5.58. The fourth-order valence-corrected chi connectivity index (χ4v) is 3.21. The molecule has 5 heteroatoms. The summed E-state index contributed by atoms with van der Waals surface area (Å²) in [6.45, 7) is 3.82. The lowest BCUT2D eigenvalue weighted by Crippen LogP contribution is -2.43. The molecule has 1 saturated heterocycles. The minimum atomic E-state index is -0.217. The molecule has 0 bridgehead atoms. The van der Waals surface area contributed by atoms with E-state index in [-0.39, 0.29) is 5.82 Å². The van der Waals surface area contributed by atoms with Gasteiger partial charge in [-0.3, -0.25) is 0 Å². The molecule has 0 unspecified atom stereocenters. The average Bonchev–Trinajstić information content (AvgIpc) is 2.55. The van der Waals surface area contributed by atoms with E-state index in [1.54, 1.807) is 0 Å². The van der Waals surface area contributed by atoms with Gasteiger partial charge in [0.25, 0.3) is 0 Å². The van der Waals surface area contributed by atoms with Gasteiger partial charge in [-0.05, 0) is 37.1 Å². The summed E-state index contributed by atoms with van der Waals surface area (Å²) < 4.78 is 13.3. The maximum absolute atomic E-state index is 13.3. The molecule has 1 aliphatic heterocycles. The van der Waals surface area contributed by atoms with E-state index in [0.717, 1.165) is 48.9 Å². The Labute approximate surface area is 135 Å². The number of piperazine rings is 1. The number of hydrogen-bond acceptors (Lipinski definition) is 4. The van der Waals surface area contributed by atoms with Crippen LogP contribution in [0.1, 0.15) is 31.0 Å². The molecule has 4 rings (SSSR count). The van der Waals surface area contributed by atoms with E-state index in [2.05, 4.69) is 15.2 Å². The van der Waals surface area contributed by atoms with Crippen molar-refractivity contribution < 1.29 is 4.39 Å². The van der Waals surface area contributed by atoms with Crippen LogP contribution >= 0.6 is 0 Å². The molecule has 0 spiro atoms. The van der Waals surface area contributed by atoms with Gasteiger partial charge < -0.3 is 10.2 Å². The van der Waals surface area contributed by atoms with Gasteiger partial charge in [0, 0.05) is 37.7 Å². The minimum absolute atomic E-state index is 0.217. The molecular weight excluding hydrogens is 291 g/mol. The molecule has 1 aliphatic carbocycles. The van der Waals surface area contributed by atoms with Gasteiger partial charge >= 0.3 is 0 Å². The predicted molar refractivity (Wildman–Crippen MR) is 89.1 cm³/mol. The van der Waals surface area contributed by atoms with E-state index >= 15 is 0 Å². The summed E-state index contributed by atoms with van der Waals surface area (Å²) in [6, 6.07) is 6.63. The third-order valence-electron chi connectivity index (χ3n) is 4.83. The van der Waals surface area contributed by atoms with Gasteiger partial charge in [-0.15, -0.1) is 0 Å². The van der Waals surface area contributed by atoms with Gasteiger partial charge in [0.05, 0.1) is 17.6 Å². The van der Waals surface area contributed by atoms with Gasteiger partial charge in [0.15, 0.2) is 0 Å². The van der Waals surface area contributed by atoms with Gasteiger partial charge in [-0.1, -0.05) is 6.42 Å². The Bertz CT molecular complexity index is 676. The first-order chi connectivity index (χ1) is 11.3. The lowest BCUT2D eigenvalue weighted by Gasteiger charge is -2.31. The lowest BCUT2D eigenvalue weighted by molar-refractivity contribution is 0.401. The molecule has 1 saturated carbocycles. The van der Waals surface area contributed by atoms with Crippen LogP contribution < -0.4 is 10.2 Å². The highest BCUT2D eigenvalue weighted by molar-refractivity contribution is 5.74. The van der Waals surface area contributed by atoms with E-state index in [0.29, 0.717) is 5.92 Å². The zero-order valence-electron chi connectivity index (χ0n) is 13.1. The monoisotopic (exact) mass is 312 g/mol. The Morgan fingerprint density at radius 1 is 1.09 bits per heavy atom. The van der Waals surface area contributed by atoms with Crippen molar-refractivity contribution in [2.45, 2.75) is 25.2 Å². The summed E-state index contributed by atoms with van der Waals surface area (Å²) in [5.74, 6) is 1.21. The number of benzene rings is 1. The Morgan fingerprint density at radius 2 is 1.83 bits per heavy atom. The van der Waals surface area contributed by atoms with Crippen molar-refractivity contribution in [1.29, 1.82) is 0 Å². The van der Waals surface area contributed by atoms with Gasteiger partial charge in [-0.2, -0.15) is 0 Å². The third kappa shape index (κ3) is 2.93. The number of anilines is 1. The van der Waals surface area contributed by atoms with Crippen LogP contribution in [0.2, 0.25) is 0 Å². The molecule has 1 aromatic carbocycles. The molecule has 0 radical (unpaired) electrons. The number of nitrogens with one attached hydrogen (secondary N) is 1. The first-order valence-corrected chi connectivity index (χ1v) is 8.40. The standard InChI is InChI=1S/C18H21FN4/c19-15-6-4-13(5-7-15)17-16(23-10-8-20-9-11-23)12-21-18(22-17)14-2-1-3-14/h4-7,12,14,20H,1-3,8-11H2. The topological polar surface area (TPSA) is 41.1 Å². The highest BCUT2D eigenvalue weighted by Gasteiger charge is 2.25. The first kappa shape index (κ1) is 14.6. The number of nitrogens with zero attached hydrogens (tertiary/aromatic N) is 3. The van der Waals surface area contributed by atoms with E-state index in [4.69, 9.17) is 4.98 Å². The second kappa shape index (κ2) is 6.24. The van der Waals surface area contributed by atoms with Crippen LogP contribution in [0.5, 0.6) is 0 Å². The molecule has 1 aromatic heterocycles. The Balaban J connectivity index is 1.75. The van der Waals surface area contributed by atoms with Crippen LogP contribution in [0.15, 0.2) is 30.5 Å². The normalized spacial score (nSPS) is 18.7. The molecule has 0 atom stereocenters. The maximum Gasteiger partial charge on any atom is 0.132 e. The maximum atomic E-state index is 13.3. The van der Waals surface area contributed by atoms with Crippen molar-refractivity contribution in [3.8, 4) is 11.3 Å². The van der Waals surface area contributed by atoms with Crippen LogP contribution in [-0.4, -0.2) is 36.1 Å². The van der Waals surface area contributed by atoms with Gasteiger partial charge in [0.2, 0.25) is 0 Å². The van der Waals surface area contributed by atoms with Gasteiger partial charge in [-0.25, -0.2) is 14.4 Å². The first-order valence-electron chi connectivity index (χ1n) is 8.40. The fraction of sp³-hybridized carbons (Fsp3) is 0.444. The largest absolute Gasteiger partial charge is 0.366 e. The molecule has 2 aliphatic rings. The zero-order chi connectivity index (χ0) is 15.6. The Kier molecular flexibility index (Phi) is 3.95. The van der Waals surface area contributed by atoms with Crippen LogP contribution in [0.3, 0.4) is 0 Å². The van der Waals surface area contributed by atoms with E-state index in [9.17, 15) is 4.39 Å². The Hall–Kier alpha value is -2.01. The molecule has 0 amide bonds. The highest BCUT2D eigenvalue weighted by Crippen LogP contribution is 2.37. The van der Waals surface area contributed by atoms with Crippen molar-refractivity contribution in [3.05, 3.63) is 42.1 Å². The molecule has 1 N–H and O–H groups in total. The highest BCUT2D eigenvalue weighted by atomic mass is 19.1. The summed E-state index contributed by atoms with van der Waals surface area (Å²) in [7, 11) is 0. The molecule has 120 valence electrons. The fourth-order valence-electron chi connectivity index (χ4n) is 3.21. The SMILES string of the molecule is Fc1ccc(-c2nc(C3CCC3)ncc2N2CCNCC2)cc1. The van der Waals surface area contributed by atoms with Crippen molar-refractivity contribution in [2.75, 3.05) is 31.1 Å². The quantitative estimate of drug-likeness (QED) is 0.946. The van der Waals surface area contributed by atoms with Crippen molar-refractivity contribution in [1.82, 2.24) is 15.3 Å². The van der Waals surface area contributed by atoms with E-state index in [1.165, 1.54) is 31.4 Å². The molecule has 4 nitrogen and oxygen atoms in total. The second-order valence-corrected chi connectivity index (χ2v) is 6.33. The molecule has 2 aromatic rings. The average molecular weight is 312 g/mol. The van der Waals surface area contributed by atoms with Gasteiger partial charge in [0.1, 0.15) is 11.6 Å². The summed E-state index contributed by atoms with van der Waals surface area (Å²) in [4.78, 5) is 11.8. The van der Waals surface area contributed by atoms with E-state index in [1.807, 2.05) is 18.3 Å². The second-order valence-electron chi connectivity index (χ2n) is 6.33. The predicted octanol–water partition coefficient (Wildman–Crippen LogP) is 2.96. The van der Waals surface area contributed by atoms with Crippen molar-refractivity contribution >= 4 is 5.69 Å². The van der Waals surface area contributed by atoms with Crippen molar-refractivity contribution in [3.63, 3.8) is 0 Å². The number of aromatic nitrogens is 2. The van der Waals surface area contributed by atoms with Crippen LogP contribution in [-0.2, 0) is 0 Å². The number of halogens is 1. The van der Waals surface area contributed by atoms with E-state index < -0.39 is 0 Å². The smallest absolute Gasteiger partial charge is 0.132 e. The molecule has 2 fully saturated rings. The molecule has 2 heterocycles. The lowest BCUT2D eigenvalue weighted by atomic mass is 9.85. The number of hydrogen-bond donors (Lipinski definition) is 1.